The summed E-state index contributed by atoms with van der Waals surface area (Å²) in [6.45, 7) is 6.59. The molecule has 3 aliphatic rings. The van der Waals surface area contributed by atoms with E-state index >= 15 is 0 Å². The third-order valence-electron chi connectivity index (χ3n) is 8.77. The van der Waals surface area contributed by atoms with E-state index in [2.05, 4.69) is 60.9 Å². The molecule has 1 aromatic carbocycles. The van der Waals surface area contributed by atoms with Gasteiger partial charge in [0.1, 0.15) is 0 Å². The number of nitrogens with zero attached hydrogens (tertiary/aromatic N) is 1. The molecule has 0 spiro atoms. The Morgan fingerprint density at radius 2 is 1.83 bits per heavy atom. The summed E-state index contributed by atoms with van der Waals surface area (Å²) < 4.78 is 0. The fraction of sp³-hybridized carbons (Fsp3) is 0.594. The Hall–Kier alpha value is -2.17. The maximum Gasteiger partial charge on any atom is 0.0726 e. The second-order valence-corrected chi connectivity index (χ2v) is 11.6. The highest BCUT2D eigenvalue weighted by Gasteiger charge is 2.43. The number of rotatable bonds is 10. The van der Waals surface area contributed by atoms with Crippen LogP contribution in [0.25, 0.3) is 10.9 Å². The first kappa shape index (κ1) is 25.5. The number of hydrogen-bond donors (Lipinski definition) is 3. The van der Waals surface area contributed by atoms with Crippen LogP contribution in [0.2, 0.25) is 0 Å². The largest absolute Gasteiger partial charge is 0.384 e. The van der Waals surface area contributed by atoms with Gasteiger partial charge in [0.25, 0.3) is 0 Å². The number of aromatic nitrogens is 1. The summed E-state index contributed by atoms with van der Waals surface area (Å²) in [7, 11) is 0. The van der Waals surface area contributed by atoms with Crippen molar-refractivity contribution in [3.05, 3.63) is 58.8 Å². The van der Waals surface area contributed by atoms with Gasteiger partial charge in [-0.05, 0) is 95.4 Å². The van der Waals surface area contributed by atoms with Crippen LogP contribution < -0.4 is 16.4 Å². The van der Waals surface area contributed by atoms with Gasteiger partial charge in [-0.2, -0.15) is 0 Å². The van der Waals surface area contributed by atoms with E-state index in [0.717, 1.165) is 37.9 Å². The molecule has 194 valence electrons. The smallest absolute Gasteiger partial charge is 0.0726 e. The summed E-state index contributed by atoms with van der Waals surface area (Å²) in [5.74, 6) is 0.538. The van der Waals surface area contributed by atoms with E-state index in [1.807, 2.05) is 0 Å². The Balaban J connectivity index is 1.01. The lowest BCUT2D eigenvalue weighted by atomic mass is 9.63. The van der Waals surface area contributed by atoms with E-state index in [4.69, 9.17) is 10.7 Å². The summed E-state index contributed by atoms with van der Waals surface area (Å²) in [6.07, 6.45) is 19.3. The van der Waals surface area contributed by atoms with E-state index in [-0.39, 0.29) is 5.54 Å². The van der Waals surface area contributed by atoms with Gasteiger partial charge < -0.3 is 16.4 Å². The number of allylic oxidation sites excluding steroid dienone is 2. The number of aryl methyl sites for hydroxylation is 1. The average Bonchev–Trinajstić information content (AvgIpc) is 2.86. The van der Waals surface area contributed by atoms with Gasteiger partial charge in [0.2, 0.25) is 0 Å². The number of fused-ring (bicyclic) bond motifs is 4. The molecule has 0 unspecified atom stereocenters. The molecule has 0 amide bonds. The molecule has 4 nitrogen and oxygen atoms in total. The predicted molar refractivity (Wildman–Crippen MR) is 154 cm³/mol. The zero-order valence-electron chi connectivity index (χ0n) is 22.5. The van der Waals surface area contributed by atoms with Crippen LogP contribution >= 0.6 is 0 Å². The Kier molecular flexibility index (Phi) is 8.12. The first-order valence-corrected chi connectivity index (χ1v) is 14.6. The van der Waals surface area contributed by atoms with Gasteiger partial charge in [-0.25, -0.2) is 0 Å². The quantitative estimate of drug-likeness (QED) is 0.254. The van der Waals surface area contributed by atoms with Crippen molar-refractivity contribution in [1.29, 1.82) is 0 Å². The Labute approximate surface area is 218 Å². The van der Waals surface area contributed by atoms with E-state index in [0.29, 0.717) is 12.0 Å². The number of nitrogens with two attached hydrogens (primary N) is 1. The molecule has 3 aliphatic carbocycles. The highest BCUT2D eigenvalue weighted by Crippen LogP contribution is 2.44. The number of hydrogen-bond acceptors (Lipinski definition) is 4. The van der Waals surface area contributed by atoms with Crippen LogP contribution in [0.15, 0.2) is 47.6 Å². The van der Waals surface area contributed by atoms with Gasteiger partial charge in [-0.3, -0.25) is 4.98 Å². The maximum atomic E-state index is 6.89. The molecular weight excluding hydrogens is 440 g/mol. The van der Waals surface area contributed by atoms with Gasteiger partial charge in [0, 0.05) is 40.8 Å². The standard InChI is InChI=1S/C32H46N4/c1-3-28-24-19-23(2)21-32(28,33)22-25(20-24)34-17-11-5-4-6-12-18-35-31-26-13-7-9-15-29(26)36-30-16-10-8-14-27(30)31/h3,7,9,13,15,19,24-25,34H,4-6,8,10-12,14,16-18,20-22,33H2,1-2H3,(H,35,36)/t24-,25-,32-/m0/s1. The highest BCUT2D eigenvalue weighted by atomic mass is 14.9. The van der Waals surface area contributed by atoms with E-state index in [9.17, 15) is 0 Å². The second kappa shape index (κ2) is 11.5. The molecular formula is C32H46N4. The summed E-state index contributed by atoms with van der Waals surface area (Å²) in [5.41, 5.74) is 15.0. The van der Waals surface area contributed by atoms with Gasteiger partial charge >= 0.3 is 0 Å². The molecule has 3 atom stereocenters. The molecule has 0 radical (unpaired) electrons. The van der Waals surface area contributed by atoms with Crippen molar-refractivity contribution in [2.45, 2.75) is 102 Å². The molecule has 1 aromatic heterocycles. The minimum atomic E-state index is -0.124. The predicted octanol–water partition coefficient (Wildman–Crippen LogP) is 6.84. The fourth-order valence-corrected chi connectivity index (χ4v) is 7.21. The van der Waals surface area contributed by atoms with Gasteiger partial charge in [-0.1, -0.05) is 55.2 Å². The van der Waals surface area contributed by atoms with Crippen molar-refractivity contribution in [2.24, 2.45) is 11.7 Å². The topological polar surface area (TPSA) is 63.0 Å². The molecule has 36 heavy (non-hydrogen) atoms. The lowest BCUT2D eigenvalue weighted by Gasteiger charge is -2.47. The van der Waals surface area contributed by atoms with Crippen molar-refractivity contribution in [1.82, 2.24) is 10.3 Å². The van der Waals surface area contributed by atoms with Crippen molar-refractivity contribution in [3.63, 3.8) is 0 Å². The Bertz CT molecular complexity index is 1120. The van der Waals surface area contributed by atoms with Crippen LogP contribution in [0, 0.1) is 5.92 Å². The van der Waals surface area contributed by atoms with Crippen molar-refractivity contribution in [2.75, 3.05) is 18.4 Å². The van der Waals surface area contributed by atoms with Crippen LogP contribution in [0.1, 0.15) is 89.3 Å². The molecule has 1 saturated carbocycles. The third kappa shape index (κ3) is 5.55. The SMILES string of the molecule is CC=C1[C@H]2C=C(C)C[C@]1(N)C[C@@H](NCCCCCCCNc1c3c(nc4ccccc14)CCCC3)C2. The number of nitrogens with one attached hydrogen (secondary N) is 2. The molecule has 2 aromatic rings. The van der Waals surface area contributed by atoms with Crippen LogP contribution in [0.4, 0.5) is 5.69 Å². The lowest BCUT2D eigenvalue weighted by molar-refractivity contribution is 0.262. The number of pyridine rings is 1. The first-order valence-electron chi connectivity index (χ1n) is 14.6. The van der Waals surface area contributed by atoms with Crippen LogP contribution in [-0.2, 0) is 12.8 Å². The molecule has 4 heteroatoms. The molecule has 0 saturated heterocycles. The van der Waals surface area contributed by atoms with Gasteiger partial charge in [0.05, 0.1) is 5.52 Å². The molecule has 5 rings (SSSR count). The summed E-state index contributed by atoms with van der Waals surface area (Å²) >= 11 is 0. The highest BCUT2D eigenvalue weighted by molar-refractivity contribution is 5.93. The first-order chi connectivity index (χ1) is 17.6. The van der Waals surface area contributed by atoms with Crippen LogP contribution in [0.3, 0.4) is 0 Å². The van der Waals surface area contributed by atoms with E-state index in [1.165, 1.54) is 91.3 Å². The Morgan fingerprint density at radius 1 is 1.06 bits per heavy atom. The lowest BCUT2D eigenvalue weighted by Crippen LogP contribution is -2.55. The maximum absolute atomic E-state index is 6.89. The summed E-state index contributed by atoms with van der Waals surface area (Å²) in [6, 6.07) is 9.19. The average molecular weight is 487 g/mol. The number of anilines is 1. The van der Waals surface area contributed by atoms with Crippen LogP contribution in [-0.4, -0.2) is 29.7 Å². The number of unbranched alkanes of at least 4 members (excludes halogenated alkanes) is 4. The third-order valence-corrected chi connectivity index (χ3v) is 8.77. The molecule has 0 aliphatic heterocycles. The number of benzene rings is 1. The number of para-hydroxylation sites is 1. The van der Waals surface area contributed by atoms with Crippen molar-refractivity contribution >= 4 is 16.6 Å². The monoisotopic (exact) mass is 486 g/mol. The summed E-state index contributed by atoms with van der Waals surface area (Å²) in [5, 5.41) is 8.97. The summed E-state index contributed by atoms with van der Waals surface area (Å²) in [4.78, 5) is 4.97. The van der Waals surface area contributed by atoms with Crippen molar-refractivity contribution < 1.29 is 0 Å². The normalized spacial score (nSPS) is 26.6. The minimum Gasteiger partial charge on any atom is -0.384 e. The molecule has 1 heterocycles. The molecule has 1 fully saturated rings. The van der Waals surface area contributed by atoms with E-state index < -0.39 is 0 Å². The fourth-order valence-electron chi connectivity index (χ4n) is 7.21. The Morgan fingerprint density at radius 3 is 2.67 bits per heavy atom. The zero-order chi connectivity index (χ0) is 25.0. The molecule has 2 bridgehead atoms. The van der Waals surface area contributed by atoms with Gasteiger partial charge in [0.15, 0.2) is 0 Å². The second-order valence-electron chi connectivity index (χ2n) is 11.6. The van der Waals surface area contributed by atoms with E-state index in [1.54, 1.807) is 0 Å². The van der Waals surface area contributed by atoms with Gasteiger partial charge in [-0.15, -0.1) is 0 Å². The minimum absolute atomic E-state index is 0.124. The zero-order valence-corrected chi connectivity index (χ0v) is 22.5. The molecule has 4 N–H and O–H groups in total. The van der Waals surface area contributed by atoms with Crippen molar-refractivity contribution in [3.8, 4) is 0 Å². The van der Waals surface area contributed by atoms with Crippen LogP contribution in [0.5, 0.6) is 0 Å².